The first-order valence-electron chi connectivity index (χ1n) is 4.53. The molecule has 0 bridgehead atoms. The van der Waals surface area contributed by atoms with Gasteiger partial charge in [0.25, 0.3) is 0 Å². The number of hydrogen-bond donors (Lipinski definition) is 1. The van der Waals surface area contributed by atoms with Crippen LogP contribution in [0.3, 0.4) is 0 Å². The minimum Gasteiger partial charge on any atom is -0.330 e. The van der Waals surface area contributed by atoms with Crippen LogP contribution in [0.1, 0.15) is 30.9 Å². The molecule has 0 amide bonds. The Kier molecular flexibility index (Phi) is 3.30. The van der Waals surface area contributed by atoms with Crippen LogP contribution in [0.15, 0.2) is 24.3 Å². The molecule has 0 aliphatic heterocycles. The molecular formula is C11H17N. The molecule has 1 rings (SSSR count). The van der Waals surface area contributed by atoms with Crippen molar-refractivity contribution in [3.63, 3.8) is 0 Å². The molecule has 0 atom stereocenters. The first-order valence-corrected chi connectivity index (χ1v) is 4.53. The highest BCUT2D eigenvalue weighted by atomic mass is 14.5. The van der Waals surface area contributed by atoms with Crippen LogP contribution in [-0.4, -0.2) is 6.54 Å². The minimum atomic E-state index is 0.622. The molecule has 0 aliphatic carbocycles. The van der Waals surface area contributed by atoms with E-state index in [4.69, 9.17) is 5.73 Å². The highest BCUT2D eigenvalue weighted by Crippen LogP contribution is 2.14. The molecular weight excluding hydrogens is 146 g/mol. The number of hydrogen-bond acceptors (Lipinski definition) is 1. The molecule has 0 fully saturated rings. The molecule has 1 heteroatoms. The largest absolute Gasteiger partial charge is 0.330 e. The van der Waals surface area contributed by atoms with Gasteiger partial charge in [-0.3, -0.25) is 0 Å². The lowest BCUT2D eigenvalue weighted by atomic mass is 10.0. The van der Waals surface area contributed by atoms with E-state index in [1.165, 1.54) is 11.1 Å². The second kappa shape index (κ2) is 4.27. The van der Waals surface area contributed by atoms with Crippen LogP contribution in [0.25, 0.3) is 0 Å². The van der Waals surface area contributed by atoms with Gasteiger partial charge in [0.05, 0.1) is 0 Å². The van der Waals surface area contributed by atoms with Crippen LogP contribution in [0.4, 0.5) is 0 Å². The number of nitrogens with two attached hydrogens (primary N) is 1. The SMILES string of the molecule is CC(C)c1ccc(CCN)cc1. The Balaban J connectivity index is 2.71. The summed E-state index contributed by atoms with van der Waals surface area (Å²) in [7, 11) is 0. The fourth-order valence-electron chi connectivity index (χ4n) is 1.24. The van der Waals surface area contributed by atoms with Gasteiger partial charge in [-0.2, -0.15) is 0 Å². The Bertz CT molecular complexity index is 223. The lowest BCUT2D eigenvalue weighted by Gasteiger charge is -2.05. The summed E-state index contributed by atoms with van der Waals surface area (Å²) >= 11 is 0. The summed E-state index contributed by atoms with van der Waals surface area (Å²) in [6, 6.07) is 8.72. The second-order valence-electron chi connectivity index (χ2n) is 3.43. The number of benzene rings is 1. The van der Waals surface area contributed by atoms with Gasteiger partial charge in [-0.25, -0.2) is 0 Å². The molecule has 0 aromatic heterocycles. The van der Waals surface area contributed by atoms with E-state index in [9.17, 15) is 0 Å². The van der Waals surface area contributed by atoms with Gasteiger partial charge in [-0.1, -0.05) is 38.1 Å². The van der Waals surface area contributed by atoms with Gasteiger partial charge < -0.3 is 5.73 Å². The highest BCUT2D eigenvalue weighted by molar-refractivity contribution is 5.24. The average Bonchev–Trinajstić information content (AvgIpc) is 2.06. The molecule has 0 spiro atoms. The third-order valence-electron chi connectivity index (χ3n) is 2.08. The quantitative estimate of drug-likeness (QED) is 0.727. The van der Waals surface area contributed by atoms with Gasteiger partial charge in [-0.15, -0.1) is 0 Å². The Morgan fingerprint density at radius 1 is 1.17 bits per heavy atom. The van der Waals surface area contributed by atoms with E-state index in [0.717, 1.165) is 13.0 Å². The van der Waals surface area contributed by atoms with E-state index in [-0.39, 0.29) is 0 Å². The summed E-state index contributed by atoms with van der Waals surface area (Å²) < 4.78 is 0. The van der Waals surface area contributed by atoms with Crippen LogP contribution in [0, 0.1) is 0 Å². The Labute approximate surface area is 74.6 Å². The minimum absolute atomic E-state index is 0.622. The predicted octanol–water partition coefficient (Wildman–Crippen LogP) is 2.31. The first kappa shape index (κ1) is 9.27. The third-order valence-corrected chi connectivity index (χ3v) is 2.08. The molecule has 66 valence electrons. The zero-order valence-corrected chi connectivity index (χ0v) is 7.88. The lowest BCUT2D eigenvalue weighted by molar-refractivity contribution is 0.863. The summed E-state index contributed by atoms with van der Waals surface area (Å²) in [6.45, 7) is 5.15. The van der Waals surface area contributed by atoms with Crippen molar-refractivity contribution in [2.75, 3.05) is 6.54 Å². The summed E-state index contributed by atoms with van der Waals surface area (Å²) in [5, 5.41) is 0. The lowest BCUT2D eigenvalue weighted by Crippen LogP contribution is -2.02. The molecule has 0 unspecified atom stereocenters. The Morgan fingerprint density at radius 3 is 2.17 bits per heavy atom. The van der Waals surface area contributed by atoms with Crippen LogP contribution in [0.2, 0.25) is 0 Å². The van der Waals surface area contributed by atoms with E-state index in [1.807, 2.05) is 0 Å². The fraction of sp³-hybridized carbons (Fsp3) is 0.455. The maximum atomic E-state index is 5.46. The van der Waals surface area contributed by atoms with E-state index in [2.05, 4.69) is 38.1 Å². The molecule has 1 aromatic carbocycles. The van der Waals surface area contributed by atoms with Crippen LogP contribution >= 0.6 is 0 Å². The third kappa shape index (κ3) is 2.35. The van der Waals surface area contributed by atoms with Crippen molar-refractivity contribution in [1.82, 2.24) is 0 Å². The van der Waals surface area contributed by atoms with Crippen molar-refractivity contribution in [1.29, 1.82) is 0 Å². The molecule has 0 radical (unpaired) electrons. The molecule has 2 N–H and O–H groups in total. The molecule has 0 saturated carbocycles. The molecule has 0 saturated heterocycles. The van der Waals surface area contributed by atoms with Crippen LogP contribution in [-0.2, 0) is 6.42 Å². The maximum absolute atomic E-state index is 5.46. The molecule has 12 heavy (non-hydrogen) atoms. The zero-order valence-electron chi connectivity index (χ0n) is 7.88. The van der Waals surface area contributed by atoms with Gasteiger partial charge in [0.2, 0.25) is 0 Å². The van der Waals surface area contributed by atoms with Crippen molar-refractivity contribution >= 4 is 0 Å². The maximum Gasteiger partial charge on any atom is -0.00367 e. The molecule has 1 nitrogen and oxygen atoms in total. The van der Waals surface area contributed by atoms with Crippen molar-refractivity contribution < 1.29 is 0 Å². The standard InChI is InChI=1S/C11H17N/c1-9(2)11-5-3-10(4-6-11)7-8-12/h3-6,9H,7-8,12H2,1-2H3. The summed E-state index contributed by atoms with van der Waals surface area (Å²) in [6.07, 6.45) is 0.984. The molecule has 0 aliphatic rings. The summed E-state index contributed by atoms with van der Waals surface area (Å²) in [4.78, 5) is 0. The summed E-state index contributed by atoms with van der Waals surface area (Å²) in [5.41, 5.74) is 8.19. The van der Waals surface area contributed by atoms with Gasteiger partial charge in [0.15, 0.2) is 0 Å². The van der Waals surface area contributed by atoms with E-state index in [0.29, 0.717) is 5.92 Å². The van der Waals surface area contributed by atoms with E-state index >= 15 is 0 Å². The predicted molar refractivity (Wildman–Crippen MR) is 53.3 cm³/mol. The zero-order chi connectivity index (χ0) is 8.97. The normalized spacial score (nSPS) is 10.7. The monoisotopic (exact) mass is 163 g/mol. The van der Waals surface area contributed by atoms with Gasteiger partial charge in [-0.05, 0) is 30.0 Å². The topological polar surface area (TPSA) is 26.0 Å². The molecule has 1 aromatic rings. The Hall–Kier alpha value is -0.820. The molecule has 0 heterocycles. The van der Waals surface area contributed by atoms with Crippen molar-refractivity contribution in [3.05, 3.63) is 35.4 Å². The van der Waals surface area contributed by atoms with Crippen molar-refractivity contribution in [2.24, 2.45) is 5.73 Å². The highest BCUT2D eigenvalue weighted by Gasteiger charge is 1.97. The van der Waals surface area contributed by atoms with Crippen LogP contribution in [0.5, 0.6) is 0 Å². The van der Waals surface area contributed by atoms with Gasteiger partial charge in [0, 0.05) is 0 Å². The first-order chi connectivity index (χ1) is 5.74. The van der Waals surface area contributed by atoms with E-state index < -0.39 is 0 Å². The fourth-order valence-corrected chi connectivity index (χ4v) is 1.24. The Morgan fingerprint density at radius 2 is 1.75 bits per heavy atom. The number of rotatable bonds is 3. The van der Waals surface area contributed by atoms with Gasteiger partial charge >= 0.3 is 0 Å². The van der Waals surface area contributed by atoms with Crippen LogP contribution < -0.4 is 5.73 Å². The average molecular weight is 163 g/mol. The van der Waals surface area contributed by atoms with Crippen molar-refractivity contribution in [3.8, 4) is 0 Å². The smallest absolute Gasteiger partial charge is 0.00367 e. The van der Waals surface area contributed by atoms with Crippen molar-refractivity contribution in [2.45, 2.75) is 26.2 Å². The second-order valence-corrected chi connectivity index (χ2v) is 3.43. The van der Waals surface area contributed by atoms with Gasteiger partial charge in [0.1, 0.15) is 0 Å². The van der Waals surface area contributed by atoms with E-state index in [1.54, 1.807) is 0 Å². The summed E-state index contributed by atoms with van der Waals surface area (Å²) in [5.74, 6) is 0.622.